The van der Waals surface area contributed by atoms with E-state index in [9.17, 15) is 28.8 Å². The van der Waals surface area contributed by atoms with Gasteiger partial charge in [-0.2, -0.15) is 8.78 Å². The minimum Gasteiger partial charge on any atom is -0.381 e. The number of nitro benzene ring substituents is 1. The topological polar surface area (TPSA) is 110 Å². The zero-order valence-corrected chi connectivity index (χ0v) is 11.9. The largest absolute Gasteiger partial charge is 0.381 e. The van der Waals surface area contributed by atoms with Crippen molar-refractivity contribution in [3.05, 3.63) is 33.3 Å². The third kappa shape index (κ3) is 2.57. The highest BCUT2D eigenvalue weighted by Gasteiger charge is 2.60. The molecule has 1 aliphatic heterocycles. The van der Waals surface area contributed by atoms with E-state index in [1.807, 2.05) is 0 Å². The number of halogens is 3. The molecule has 1 aromatic rings. The lowest BCUT2D eigenvalue weighted by Gasteiger charge is -2.30. The van der Waals surface area contributed by atoms with Gasteiger partial charge in [0.25, 0.3) is 11.6 Å². The summed E-state index contributed by atoms with van der Waals surface area (Å²) in [5.74, 6) is -6.00. The molecule has 2 rings (SSSR count). The second kappa shape index (κ2) is 5.33. The van der Waals surface area contributed by atoms with Crippen LogP contribution in [0.1, 0.15) is 6.42 Å². The van der Waals surface area contributed by atoms with Crippen molar-refractivity contribution in [1.29, 1.82) is 0 Å². The van der Waals surface area contributed by atoms with E-state index in [-0.39, 0.29) is 22.9 Å². The smallest absolute Gasteiger partial charge is 0.353 e. The minimum absolute atomic E-state index is 0.00307. The Hall–Kier alpha value is -2.00. The van der Waals surface area contributed by atoms with Crippen molar-refractivity contribution in [2.45, 2.75) is 17.9 Å². The number of benzene rings is 1. The van der Waals surface area contributed by atoms with Crippen LogP contribution in [0.25, 0.3) is 0 Å². The fourth-order valence-electron chi connectivity index (χ4n) is 2.35. The standard InChI is InChI=1S/C12H12ClF2N3O4/c13-8-5-7(18(21)22)1-2-9(8)17-4-3-11(20,6-17)12(14,15)10(16)19/h1-2,5,20H,3-4,6H2,(H2,16,19). The van der Waals surface area contributed by atoms with Crippen molar-refractivity contribution in [3.8, 4) is 0 Å². The Morgan fingerprint density at radius 3 is 2.68 bits per heavy atom. The van der Waals surface area contributed by atoms with Gasteiger partial charge in [0.05, 0.1) is 22.2 Å². The summed E-state index contributed by atoms with van der Waals surface area (Å²) in [7, 11) is 0. The summed E-state index contributed by atoms with van der Waals surface area (Å²) in [6.07, 6.45) is -0.393. The first-order valence-electron chi connectivity index (χ1n) is 6.17. The number of aliphatic hydroxyl groups is 1. The molecule has 1 amide bonds. The maximum atomic E-state index is 13.7. The normalized spacial score (nSPS) is 21.9. The quantitative estimate of drug-likeness (QED) is 0.637. The maximum absolute atomic E-state index is 13.7. The number of nitrogens with zero attached hydrogens (tertiary/aromatic N) is 2. The molecule has 120 valence electrons. The number of β-amino-alcohol motifs (C(OH)–C–C–N with tert-alkyl or cyclic N) is 1. The van der Waals surface area contributed by atoms with Crippen LogP contribution in [0.2, 0.25) is 5.02 Å². The highest BCUT2D eigenvalue weighted by atomic mass is 35.5. The molecule has 22 heavy (non-hydrogen) atoms. The van der Waals surface area contributed by atoms with E-state index < -0.39 is 35.3 Å². The monoisotopic (exact) mass is 335 g/mol. The zero-order chi connectivity index (χ0) is 16.7. The van der Waals surface area contributed by atoms with E-state index in [1.165, 1.54) is 17.0 Å². The van der Waals surface area contributed by atoms with Crippen molar-refractivity contribution in [2.75, 3.05) is 18.0 Å². The molecule has 0 saturated carbocycles. The van der Waals surface area contributed by atoms with Crippen molar-refractivity contribution in [1.82, 2.24) is 0 Å². The second-order valence-corrected chi connectivity index (χ2v) is 5.44. The molecular weight excluding hydrogens is 324 g/mol. The number of amides is 1. The molecule has 0 bridgehead atoms. The molecule has 1 fully saturated rings. The first-order valence-corrected chi connectivity index (χ1v) is 6.55. The van der Waals surface area contributed by atoms with Crippen molar-refractivity contribution in [2.24, 2.45) is 5.73 Å². The molecule has 0 spiro atoms. The van der Waals surface area contributed by atoms with Crippen LogP contribution in [0.3, 0.4) is 0 Å². The van der Waals surface area contributed by atoms with E-state index in [2.05, 4.69) is 5.73 Å². The number of nitro groups is 1. The molecule has 1 unspecified atom stereocenters. The Morgan fingerprint density at radius 1 is 1.55 bits per heavy atom. The van der Waals surface area contributed by atoms with Crippen molar-refractivity contribution < 1.29 is 23.6 Å². The van der Waals surface area contributed by atoms with E-state index in [1.54, 1.807) is 0 Å². The van der Waals surface area contributed by atoms with Crippen LogP contribution in [0.5, 0.6) is 0 Å². The molecule has 0 radical (unpaired) electrons. The van der Waals surface area contributed by atoms with Crippen molar-refractivity contribution >= 4 is 28.9 Å². The highest BCUT2D eigenvalue weighted by Crippen LogP contribution is 2.40. The number of anilines is 1. The third-order valence-electron chi connectivity index (χ3n) is 3.62. The number of nitrogens with two attached hydrogens (primary N) is 1. The SMILES string of the molecule is NC(=O)C(F)(F)C1(O)CCN(c2ccc([N+](=O)[O-])cc2Cl)C1. The molecule has 10 heteroatoms. The summed E-state index contributed by atoms with van der Waals surface area (Å²) in [6.45, 7) is -0.572. The van der Waals surface area contributed by atoms with E-state index in [4.69, 9.17) is 11.6 Å². The molecule has 0 aromatic heterocycles. The predicted molar refractivity (Wildman–Crippen MR) is 74.0 cm³/mol. The molecule has 1 aliphatic rings. The summed E-state index contributed by atoms with van der Waals surface area (Å²) in [6, 6.07) is 3.56. The summed E-state index contributed by atoms with van der Waals surface area (Å²) in [5.41, 5.74) is 2.04. The van der Waals surface area contributed by atoms with E-state index >= 15 is 0 Å². The number of alkyl halides is 2. The van der Waals surface area contributed by atoms with Gasteiger partial charge < -0.3 is 15.7 Å². The van der Waals surface area contributed by atoms with Crippen LogP contribution < -0.4 is 10.6 Å². The zero-order valence-electron chi connectivity index (χ0n) is 11.1. The number of rotatable bonds is 4. The van der Waals surface area contributed by atoms with Crippen LogP contribution in [-0.4, -0.2) is 40.6 Å². The fourth-order valence-corrected chi connectivity index (χ4v) is 2.65. The highest BCUT2D eigenvalue weighted by molar-refractivity contribution is 6.33. The first kappa shape index (κ1) is 16.4. The van der Waals surface area contributed by atoms with Gasteiger partial charge in [0, 0.05) is 25.1 Å². The van der Waals surface area contributed by atoms with Gasteiger partial charge >= 0.3 is 5.92 Å². The molecule has 1 aromatic carbocycles. The van der Waals surface area contributed by atoms with Crippen LogP contribution >= 0.6 is 11.6 Å². The molecule has 0 aliphatic carbocycles. The summed E-state index contributed by atoms with van der Waals surface area (Å²) < 4.78 is 27.4. The first-order chi connectivity index (χ1) is 10.1. The number of hydrogen-bond acceptors (Lipinski definition) is 5. The average molecular weight is 336 g/mol. The van der Waals surface area contributed by atoms with Gasteiger partial charge in [-0.3, -0.25) is 14.9 Å². The third-order valence-corrected chi connectivity index (χ3v) is 3.93. The maximum Gasteiger partial charge on any atom is 0.353 e. The van der Waals surface area contributed by atoms with E-state index in [0.717, 1.165) is 6.07 Å². The number of carbonyl (C=O) groups is 1. The Morgan fingerprint density at radius 2 is 2.18 bits per heavy atom. The van der Waals surface area contributed by atoms with Gasteiger partial charge in [0.2, 0.25) is 0 Å². The Bertz CT molecular complexity index is 643. The molecular formula is C12H12ClF2N3O4. The molecule has 7 nitrogen and oxygen atoms in total. The van der Waals surface area contributed by atoms with Crippen LogP contribution in [-0.2, 0) is 4.79 Å². The van der Waals surface area contributed by atoms with Gasteiger partial charge in [0.15, 0.2) is 5.60 Å². The number of primary amides is 1. The summed E-state index contributed by atoms with van der Waals surface area (Å²) in [5, 5.41) is 20.6. The van der Waals surface area contributed by atoms with Crippen LogP contribution in [0, 0.1) is 10.1 Å². The minimum atomic E-state index is -4.09. The molecule has 3 N–H and O–H groups in total. The second-order valence-electron chi connectivity index (χ2n) is 5.03. The Labute approximate surface area is 128 Å². The molecule has 1 heterocycles. The Balaban J connectivity index is 2.27. The van der Waals surface area contributed by atoms with Gasteiger partial charge in [0.1, 0.15) is 0 Å². The predicted octanol–water partition coefficient (Wildman–Crippen LogP) is 1.31. The molecule has 1 saturated heterocycles. The lowest BCUT2D eigenvalue weighted by atomic mass is 9.94. The van der Waals surface area contributed by atoms with E-state index in [0.29, 0.717) is 0 Å². The van der Waals surface area contributed by atoms with Crippen LogP contribution in [0.15, 0.2) is 18.2 Å². The van der Waals surface area contributed by atoms with Gasteiger partial charge in [-0.25, -0.2) is 0 Å². The van der Waals surface area contributed by atoms with Gasteiger partial charge in [-0.1, -0.05) is 11.6 Å². The van der Waals surface area contributed by atoms with Gasteiger partial charge in [-0.05, 0) is 6.07 Å². The average Bonchev–Trinajstić information content (AvgIpc) is 2.82. The molecule has 1 atom stereocenters. The number of carbonyl (C=O) groups excluding carboxylic acids is 1. The van der Waals surface area contributed by atoms with Crippen LogP contribution in [0.4, 0.5) is 20.2 Å². The van der Waals surface area contributed by atoms with Crippen molar-refractivity contribution in [3.63, 3.8) is 0 Å². The number of non-ortho nitro benzene ring substituents is 1. The number of hydrogen-bond donors (Lipinski definition) is 2. The lowest BCUT2D eigenvalue weighted by Crippen LogP contribution is -2.57. The Kier molecular flexibility index (Phi) is 3.96. The summed E-state index contributed by atoms with van der Waals surface area (Å²) >= 11 is 5.92. The van der Waals surface area contributed by atoms with Gasteiger partial charge in [-0.15, -0.1) is 0 Å². The lowest BCUT2D eigenvalue weighted by molar-refractivity contribution is -0.384. The summed E-state index contributed by atoms with van der Waals surface area (Å²) in [4.78, 5) is 22.2. The fraction of sp³-hybridized carbons (Fsp3) is 0.417.